The number of fused-ring (bicyclic) bond motifs is 1. The summed E-state index contributed by atoms with van der Waals surface area (Å²) in [5, 5.41) is 3.08. The van der Waals surface area contributed by atoms with Gasteiger partial charge in [0.05, 0.1) is 45.0 Å². The van der Waals surface area contributed by atoms with Gasteiger partial charge in [-0.15, -0.1) is 0 Å². The third-order valence-electron chi connectivity index (χ3n) is 7.20. The zero-order valence-corrected chi connectivity index (χ0v) is 24.2. The van der Waals surface area contributed by atoms with Crippen LogP contribution in [0.5, 0.6) is 23.0 Å². The largest absolute Gasteiger partial charge is 0.494 e. The molecule has 4 rings (SSSR count). The van der Waals surface area contributed by atoms with Crippen molar-refractivity contribution in [3.8, 4) is 23.0 Å². The maximum absolute atomic E-state index is 13.3. The first kappa shape index (κ1) is 28.8. The Balaban J connectivity index is 1.47. The number of nitrogens with zero attached hydrogens (tertiary/aromatic N) is 2. The molecule has 0 bridgehead atoms. The van der Waals surface area contributed by atoms with Crippen molar-refractivity contribution >= 4 is 16.9 Å². The standard InChI is InChI=1S/C32H39N3O5/c1-7-21(2)23-13-15-25(16-14-23)40-18-10-17-35-27-12-9-8-11-26(27)34-31(35)22(3)33-32(36)24-19-28(37-4)30(39-6)29(20-24)38-5/h8-9,11-16,19-22H,7,10,17-18H2,1-6H3,(H,33,36). The summed E-state index contributed by atoms with van der Waals surface area (Å²) in [5.74, 6) is 3.19. The summed E-state index contributed by atoms with van der Waals surface area (Å²) in [7, 11) is 4.58. The molecule has 3 aromatic carbocycles. The van der Waals surface area contributed by atoms with Crippen molar-refractivity contribution in [1.29, 1.82) is 0 Å². The van der Waals surface area contributed by atoms with Crippen LogP contribution in [-0.4, -0.2) is 43.4 Å². The molecule has 1 aromatic heterocycles. The molecule has 8 nitrogen and oxygen atoms in total. The highest BCUT2D eigenvalue weighted by Crippen LogP contribution is 2.38. The lowest BCUT2D eigenvalue weighted by molar-refractivity contribution is 0.0936. The van der Waals surface area contributed by atoms with E-state index in [1.165, 1.54) is 26.9 Å². The van der Waals surface area contributed by atoms with Crippen LogP contribution >= 0.6 is 0 Å². The fourth-order valence-electron chi connectivity index (χ4n) is 4.76. The van der Waals surface area contributed by atoms with Crippen LogP contribution in [0.1, 0.15) is 67.3 Å². The lowest BCUT2D eigenvalue weighted by Gasteiger charge is -2.18. The summed E-state index contributed by atoms with van der Waals surface area (Å²) in [5.41, 5.74) is 3.63. The van der Waals surface area contributed by atoms with Gasteiger partial charge < -0.3 is 28.8 Å². The van der Waals surface area contributed by atoms with E-state index in [1.54, 1.807) is 12.1 Å². The van der Waals surface area contributed by atoms with Gasteiger partial charge >= 0.3 is 0 Å². The normalized spacial score (nSPS) is 12.6. The molecule has 0 radical (unpaired) electrons. The van der Waals surface area contributed by atoms with Gasteiger partial charge in [-0.3, -0.25) is 4.79 Å². The van der Waals surface area contributed by atoms with Crippen molar-refractivity contribution in [2.45, 2.75) is 52.1 Å². The summed E-state index contributed by atoms with van der Waals surface area (Å²) < 4.78 is 24.4. The minimum Gasteiger partial charge on any atom is -0.494 e. The predicted octanol–water partition coefficient (Wildman–Crippen LogP) is 6.54. The minimum absolute atomic E-state index is 0.269. The fourth-order valence-corrected chi connectivity index (χ4v) is 4.76. The van der Waals surface area contributed by atoms with Crippen LogP contribution in [0.15, 0.2) is 60.7 Å². The van der Waals surface area contributed by atoms with Crippen molar-refractivity contribution in [3.63, 3.8) is 0 Å². The summed E-state index contributed by atoms with van der Waals surface area (Å²) in [4.78, 5) is 18.1. The number of carbonyl (C=O) groups excluding carboxylic acids is 1. The van der Waals surface area contributed by atoms with E-state index >= 15 is 0 Å². The van der Waals surface area contributed by atoms with Crippen molar-refractivity contribution < 1.29 is 23.7 Å². The van der Waals surface area contributed by atoms with Crippen molar-refractivity contribution in [3.05, 3.63) is 77.6 Å². The molecule has 1 amide bonds. The Labute approximate surface area is 236 Å². The van der Waals surface area contributed by atoms with Crippen LogP contribution in [0.4, 0.5) is 0 Å². The van der Waals surface area contributed by atoms with Gasteiger partial charge in [-0.1, -0.05) is 38.1 Å². The molecule has 212 valence electrons. The van der Waals surface area contributed by atoms with Crippen molar-refractivity contribution in [2.75, 3.05) is 27.9 Å². The molecular weight excluding hydrogens is 506 g/mol. The highest BCUT2D eigenvalue weighted by atomic mass is 16.5. The second-order valence-electron chi connectivity index (χ2n) is 9.80. The zero-order valence-electron chi connectivity index (χ0n) is 24.2. The van der Waals surface area contributed by atoms with Crippen molar-refractivity contribution in [1.82, 2.24) is 14.9 Å². The smallest absolute Gasteiger partial charge is 0.252 e. The molecule has 0 aliphatic carbocycles. The maximum Gasteiger partial charge on any atom is 0.252 e. The zero-order chi connectivity index (χ0) is 28.6. The van der Waals surface area contributed by atoms with Crippen LogP contribution in [0.3, 0.4) is 0 Å². The number of aromatic nitrogens is 2. The highest BCUT2D eigenvalue weighted by molar-refractivity contribution is 5.96. The molecule has 0 aliphatic heterocycles. The Hall–Kier alpha value is -4.20. The van der Waals surface area contributed by atoms with Gasteiger partial charge in [0, 0.05) is 12.1 Å². The van der Waals surface area contributed by atoms with E-state index in [0.29, 0.717) is 41.9 Å². The van der Waals surface area contributed by atoms with Gasteiger partial charge in [0.1, 0.15) is 11.6 Å². The number of nitrogens with one attached hydrogen (secondary N) is 1. The lowest BCUT2D eigenvalue weighted by atomic mass is 9.99. The van der Waals surface area contributed by atoms with Gasteiger partial charge in [-0.05, 0) is 67.6 Å². The Morgan fingerprint density at radius 3 is 2.25 bits per heavy atom. The molecule has 0 fully saturated rings. The molecule has 2 unspecified atom stereocenters. The molecule has 4 aromatic rings. The van der Waals surface area contributed by atoms with Crippen molar-refractivity contribution in [2.24, 2.45) is 0 Å². The van der Waals surface area contributed by atoms with Crippen LogP contribution < -0.4 is 24.3 Å². The Morgan fingerprint density at radius 2 is 1.62 bits per heavy atom. The van der Waals surface area contributed by atoms with Gasteiger partial charge in [0.15, 0.2) is 11.5 Å². The van der Waals surface area contributed by atoms with Gasteiger partial charge in [0.25, 0.3) is 5.91 Å². The van der Waals surface area contributed by atoms with E-state index in [1.807, 2.05) is 43.3 Å². The number of aryl methyl sites for hydroxylation is 1. The number of ether oxygens (including phenoxy) is 4. The molecule has 2 atom stereocenters. The van der Waals surface area contributed by atoms with E-state index in [4.69, 9.17) is 23.9 Å². The number of benzene rings is 3. The number of hydrogen-bond donors (Lipinski definition) is 1. The second-order valence-corrected chi connectivity index (χ2v) is 9.80. The molecule has 0 aliphatic rings. The summed E-state index contributed by atoms with van der Waals surface area (Å²) in [6.45, 7) is 7.63. The van der Waals surface area contributed by atoms with E-state index in [0.717, 1.165) is 35.4 Å². The molecule has 1 N–H and O–H groups in total. The predicted molar refractivity (Wildman–Crippen MR) is 157 cm³/mol. The number of rotatable bonds is 13. The van der Waals surface area contributed by atoms with Gasteiger partial charge in [-0.25, -0.2) is 4.98 Å². The quantitative estimate of drug-likeness (QED) is 0.192. The van der Waals surface area contributed by atoms with E-state index in [9.17, 15) is 4.79 Å². The molecule has 0 saturated heterocycles. The molecule has 8 heteroatoms. The van der Waals surface area contributed by atoms with Crippen LogP contribution in [0.25, 0.3) is 11.0 Å². The summed E-state index contributed by atoms with van der Waals surface area (Å²) >= 11 is 0. The van der Waals surface area contributed by atoms with Crippen LogP contribution in [0, 0.1) is 0 Å². The first-order valence-corrected chi connectivity index (χ1v) is 13.7. The average molecular weight is 546 g/mol. The van der Waals surface area contributed by atoms with Gasteiger partial charge in [-0.2, -0.15) is 0 Å². The third-order valence-corrected chi connectivity index (χ3v) is 7.20. The molecule has 0 spiro atoms. The topological polar surface area (TPSA) is 83.8 Å². The maximum atomic E-state index is 13.3. The number of methoxy groups -OCH3 is 3. The SMILES string of the molecule is CCC(C)c1ccc(OCCCn2c(C(C)NC(=O)c3cc(OC)c(OC)c(OC)c3)nc3ccccc32)cc1. The Kier molecular flexibility index (Phi) is 9.53. The fraction of sp³-hybridized carbons (Fsp3) is 0.375. The third kappa shape index (κ3) is 6.33. The first-order valence-electron chi connectivity index (χ1n) is 13.7. The van der Waals surface area contributed by atoms with Crippen LogP contribution in [0.2, 0.25) is 0 Å². The highest BCUT2D eigenvalue weighted by Gasteiger charge is 2.22. The molecule has 40 heavy (non-hydrogen) atoms. The Bertz CT molecular complexity index is 1410. The Morgan fingerprint density at radius 1 is 0.950 bits per heavy atom. The summed E-state index contributed by atoms with van der Waals surface area (Å²) in [6.07, 6.45) is 1.90. The molecule has 1 heterocycles. The summed E-state index contributed by atoms with van der Waals surface area (Å²) in [6, 6.07) is 19.3. The minimum atomic E-state index is -0.354. The van der Waals surface area contributed by atoms with E-state index in [-0.39, 0.29) is 11.9 Å². The number of hydrogen-bond acceptors (Lipinski definition) is 6. The average Bonchev–Trinajstić information content (AvgIpc) is 3.37. The van der Waals surface area contributed by atoms with Gasteiger partial charge in [0.2, 0.25) is 5.75 Å². The monoisotopic (exact) mass is 545 g/mol. The van der Waals surface area contributed by atoms with E-state index < -0.39 is 0 Å². The number of para-hydroxylation sites is 2. The second kappa shape index (κ2) is 13.2. The molecule has 0 saturated carbocycles. The first-order chi connectivity index (χ1) is 19.4. The number of carbonyl (C=O) groups is 1. The van der Waals surface area contributed by atoms with Crippen LogP contribution in [-0.2, 0) is 6.54 Å². The number of amides is 1. The number of imidazole rings is 1. The lowest BCUT2D eigenvalue weighted by Crippen LogP contribution is -2.29. The molecular formula is C32H39N3O5. The van der Waals surface area contributed by atoms with E-state index in [2.05, 4.69) is 35.9 Å².